The number of rotatable bonds is 10. The van der Waals surface area contributed by atoms with Crippen molar-refractivity contribution in [2.24, 2.45) is 0 Å². The van der Waals surface area contributed by atoms with Crippen molar-refractivity contribution < 1.29 is 35.5 Å². The number of hydrogen-bond acceptors (Lipinski definition) is 8. The number of ether oxygens (including phenoxy) is 2. The smallest absolute Gasteiger partial charge is 0.377 e. The number of nitrogens with zero attached hydrogens (tertiary/aromatic N) is 6. The molecule has 16 heteroatoms. The van der Waals surface area contributed by atoms with Crippen molar-refractivity contribution in [1.82, 2.24) is 23.7 Å². The summed E-state index contributed by atoms with van der Waals surface area (Å²) in [5.74, 6) is -0.549. The molecular formula is C35H40F4N6O4SSi. The maximum absolute atomic E-state index is 15.5. The Morgan fingerprint density at radius 1 is 1.04 bits per heavy atom. The van der Waals surface area contributed by atoms with Crippen LogP contribution in [0.5, 0.6) is 0 Å². The van der Waals surface area contributed by atoms with Crippen molar-refractivity contribution in [3.63, 3.8) is 0 Å². The summed E-state index contributed by atoms with van der Waals surface area (Å²) in [5, 5.41) is 4.53. The summed E-state index contributed by atoms with van der Waals surface area (Å²) in [6, 6.07) is 12.1. The zero-order valence-electron chi connectivity index (χ0n) is 29.3. The van der Waals surface area contributed by atoms with E-state index in [-0.39, 0.29) is 44.8 Å². The summed E-state index contributed by atoms with van der Waals surface area (Å²) in [6.07, 6.45) is -3.51. The molecule has 2 aromatic carbocycles. The Morgan fingerprint density at radius 2 is 1.76 bits per heavy atom. The summed E-state index contributed by atoms with van der Waals surface area (Å²) in [6.45, 7) is 12.7. The largest absolute Gasteiger partial charge is 0.433 e. The molecule has 0 bridgehead atoms. The van der Waals surface area contributed by atoms with Crippen LogP contribution in [0, 0.1) is 19.7 Å². The average molecular weight is 745 g/mol. The van der Waals surface area contributed by atoms with Crippen molar-refractivity contribution in [3.8, 4) is 22.6 Å². The summed E-state index contributed by atoms with van der Waals surface area (Å²) in [5.41, 5.74) is -0.285. The minimum Gasteiger partial charge on any atom is -0.377 e. The Balaban J connectivity index is 1.53. The number of halogens is 4. The van der Waals surface area contributed by atoms with Gasteiger partial charge in [-0.2, -0.15) is 18.3 Å². The van der Waals surface area contributed by atoms with Gasteiger partial charge in [0.1, 0.15) is 18.4 Å². The van der Waals surface area contributed by atoms with Crippen LogP contribution < -0.4 is 4.90 Å². The second-order valence-corrected chi connectivity index (χ2v) is 21.5. The number of aryl methyl sites for hydroxylation is 2. The number of anilines is 1. The second-order valence-electron chi connectivity index (χ2n) is 14.0. The van der Waals surface area contributed by atoms with Gasteiger partial charge < -0.3 is 14.4 Å². The third-order valence-electron chi connectivity index (χ3n) is 8.79. The molecule has 0 N–H and O–H groups in total. The Labute approximate surface area is 295 Å². The number of hydrogen-bond donors (Lipinski definition) is 0. The van der Waals surface area contributed by atoms with Crippen LogP contribution in [-0.2, 0) is 32.4 Å². The Morgan fingerprint density at radius 3 is 2.43 bits per heavy atom. The van der Waals surface area contributed by atoms with Crippen molar-refractivity contribution in [2.75, 3.05) is 31.3 Å². The van der Waals surface area contributed by atoms with Gasteiger partial charge in [0.25, 0.3) is 10.0 Å². The number of fused-ring (bicyclic) bond motifs is 1. The topological polar surface area (TPSA) is 104 Å². The Kier molecular flexibility index (Phi) is 9.91. The molecule has 4 heterocycles. The molecule has 10 nitrogen and oxygen atoms in total. The first-order valence-electron chi connectivity index (χ1n) is 16.5. The van der Waals surface area contributed by atoms with Crippen molar-refractivity contribution >= 4 is 34.8 Å². The zero-order chi connectivity index (χ0) is 36.9. The van der Waals surface area contributed by atoms with E-state index in [9.17, 15) is 21.6 Å². The van der Waals surface area contributed by atoms with Crippen LogP contribution in [0.1, 0.15) is 23.9 Å². The molecule has 0 unspecified atom stereocenters. The average Bonchev–Trinajstić information content (AvgIpc) is 3.63. The molecule has 5 aromatic rings. The molecule has 272 valence electrons. The van der Waals surface area contributed by atoms with E-state index in [2.05, 4.69) is 29.7 Å². The lowest BCUT2D eigenvalue weighted by atomic mass is 10.1. The van der Waals surface area contributed by atoms with Gasteiger partial charge >= 0.3 is 6.18 Å². The van der Waals surface area contributed by atoms with Crippen LogP contribution in [0.2, 0.25) is 25.7 Å². The summed E-state index contributed by atoms with van der Waals surface area (Å²) in [4.78, 5) is 11.3. The fourth-order valence-corrected chi connectivity index (χ4v) is 8.19. The third kappa shape index (κ3) is 7.59. The summed E-state index contributed by atoms with van der Waals surface area (Å²) >= 11 is 0. The zero-order valence-corrected chi connectivity index (χ0v) is 31.1. The molecule has 0 radical (unpaired) electrons. The number of aromatic nitrogens is 5. The molecule has 1 fully saturated rings. The number of alkyl halides is 3. The molecule has 0 aliphatic carbocycles. The Hall–Kier alpha value is -4.12. The van der Waals surface area contributed by atoms with E-state index >= 15 is 4.39 Å². The highest BCUT2D eigenvalue weighted by Gasteiger charge is 2.41. The van der Waals surface area contributed by atoms with Crippen LogP contribution >= 0.6 is 0 Å². The SMILES string of the molecule is Cc1ccc(S(=O)(=O)n2ccc3c(-c4nc(-c5c(C)nn(COCC[Si](C)(C)C)c5C(F)(F)F)cc(N5CCOC[C@H]5C)n4)cc(F)cc32)cc1. The monoisotopic (exact) mass is 744 g/mol. The highest BCUT2D eigenvalue weighted by Crippen LogP contribution is 2.41. The maximum atomic E-state index is 15.5. The normalized spacial score (nSPS) is 16.0. The quantitative estimate of drug-likeness (QED) is 0.0823. The maximum Gasteiger partial charge on any atom is 0.433 e. The van der Waals surface area contributed by atoms with Crippen LogP contribution in [-0.4, -0.2) is 72.6 Å². The van der Waals surface area contributed by atoms with Gasteiger partial charge in [0.2, 0.25) is 0 Å². The van der Waals surface area contributed by atoms with E-state index in [1.807, 2.05) is 18.7 Å². The van der Waals surface area contributed by atoms with E-state index in [0.29, 0.717) is 37.6 Å². The van der Waals surface area contributed by atoms with Crippen molar-refractivity contribution in [3.05, 3.63) is 77.5 Å². The van der Waals surface area contributed by atoms with E-state index in [4.69, 9.17) is 14.5 Å². The van der Waals surface area contributed by atoms with Crippen LogP contribution in [0.15, 0.2) is 59.6 Å². The lowest BCUT2D eigenvalue weighted by Crippen LogP contribution is -2.44. The van der Waals surface area contributed by atoms with E-state index in [0.717, 1.165) is 32.4 Å². The first-order valence-corrected chi connectivity index (χ1v) is 21.7. The number of benzene rings is 2. The molecule has 0 spiro atoms. The number of morpholine rings is 1. The van der Waals surface area contributed by atoms with E-state index < -0.39 is 42.5 Å². The Bertz CT molecular complexity index is 2180. The van der Waals surface area contributed by atoms with Crippen molar-refractivity contribution in [1.29, 1.82) is 0 Å². The summed E-state index contributed by atoms with van der Waals surface area (Å²) in [7, 11) is -5.63. The molecule has 1 atom stereocenters. The van der Waals surface area contributed by atoms with Gasteiger partial charge in [0.05, 0.1) is 46.6 Å². The summed E-state index contributed by atoms with van der Waals surface area (Å²) < 4.78 is 101. The van der Waals surface area contributed by atoms with Crippen LogP contribution in [0.3, 0.4) is 0 Å². The van der Waals surface area contributed by atoms with Gasteiger partial charge in [-0.1, -0.05) is 37.3 Å². The predicted molar refractivity (Wildman–Crippen MR) is 189 cm³/mol. The van der Waals surface area contributed by atoms with Gasteiger partial charge in [-0.05, 0) is 57.1 Å². The molecule has 1 aliphatic heterocycles. The molecule has 0 saturated carbocycles. The van der Waals surface area contributed by atoms with Gasteiger partial charge in [-0.15, -0.1) is 0 Å². The van der Waals surface area contributed by atoms with Crippen LogP contribution in [0.25, 0.3) is 33.5 Å². The fraction of sp³-hybridized carbons (Fsp3) is 0.400. The van der Waals surface area contributed by atoms with Gasteiger partial charge in [-0.3, -0.25) is 0 Å². The minimum atomic E-state index is -4.83. The van der Waals surface area contributed by atoms with Gasteiger partial charge in [0.15, 0.2) is 11.5 Å². The van der Waals surface area contributed by atoms with Gasteiger partial charge in [0, 0.05) is 44.4 Å². The molecule has 3 aromatic heterocycles. The van der Waals surface area contributed by atoms with E-state index in [1.54, 1.807) is 12.1 Å². The highest BCUT2D eigenvalue weighted by molar-refractivity contribution is 7.90. The molecule has 51 heavy (non-hydrogen) atoms. The molecule has 1 saturated heterocycles. The second kappa shape index (κ2) is 13.8. The third-order valence-corrected chi connectivity index (χ3v) is 12.2. The molecule has 0 amide bonds. The lowest BCUT2D eigenvalue weighted by Gasteiger charge is -2.34. The molecule has 1 aliphatic rings. The standard InChI is InChI=1S/C35H40F4N6O4SSi/c1-22-7-9-26(10-8-22)50(46,47)45-12-11-27-28(17-25(36)18-30(27)45)34-40-29(19-31(41-34)43-13-14-48-20-23(43)2)32-24(3)42-44(33(32)35(37,38)39)21-49-15-16-51(4,5)6/h7-12,17-19,23H,13-16,20-21H2,1-6H3/t23-/m1/s1. The first kappa shape index (κ1) is 36.7. The first-order chi connectivity index (χ1) is 23.9. The lowest BCUT2D eigenvalue weighted by molar-refractivity contribution is -0.146. The predicted octanol–water partition coefficient (Wildman–Crippen LogP) is 7.51. The highest BCUT2D eigenvalue weighted by atomic mass is 32.2. The van der Waals surface area contributed by atoms with Crippen LogP contribution in [0.4, 0.5) is 23.4 Å². The minimum absolute atomic E-state index is 0.00915. The molecule has 6 rings (SSSR count). The van der Waals surface area contributed by atoms with Gasteiger partial charge in [-0.25, -0.2) is 31.4 Å². The molecular weight excluding hydrogens is 705 g/mol. The fourth-order valence-electron chi connectivity index (χ4n) is 6.10. The van der Waals surface area contributed by atoms with E-state index in [1.165, 1.54) is 37.4 Å². The van der Waals surface area contributed by atoms with Crippen molar-refractivity contribution in [2.45, 2.75) is 70.3 Å².